The van der Waals surface area contributed by atoms with Crippen LogP contribution in [0.5, 0.6) is 0 Å². The van der Waals surface area contributed by atoms with Crippen molar-refractivity contribution in [3.8, 4) is 11.3 Å². The van der Waals surface area contributed by atoms with Crippen molar-refractivity contribution < 1.29 is 9.21 Å². The number of hydrogen-bond donors (Lipinski definition) is 1. The number of aromatic nitrogens is 3. The number of nitrogens with zero attached hydrogens (tertiary/aromatic N) is 5. The second kappa shape index (κ2) is 8.66. The molecule has 0 aliphatic rings. The fraction of sp³-hybridized carbons (Fsp3) is 0.348. The number of anilines is 2. The van der Waals surface area contributed by atoms with Crippen LogP contribution in [0.1, 0.15) is 26.5 Å². The molecule has 0 radical (unpaired) electrons. The Bertz CT molecular complexity index is 1190. The number of likely N-dealkylation sites (N-methyl/N-ethyl adjacent to an activating group) is 2. The summed E-state index contributed by atoms with van der Waals surface area (Å²) in [5.74, 6) is 1.58. The van der Waals surface area contributed by atoms with Crippen LogP contribution < -0.4 is 10.2 Å². The molecule has 4 rings (SSSR count). The first-order chi connectivity index (χ1) is 15.2. The van der Waals surface area contributed by atoms with E-state index in [1.165, 1.54) is 11.3 Å². The fourth-order valence-electron chi connectivity index (χ4n) is 3.27. The monoisotopic (exact) mass is 452 g/mol. The molecule has 1 N–H and O–H groups in total. The van der Waals surface area contributed by atoms with E-state index >= 15 is 0 Å². The third-order valence-corrected chi connectivity index (χ3v) is 5.85. The van der Waals surface area contributed by atoms with Crippen molar-refractivity contribution in [3.63, 3.8) is 0 Å². The molecule has 3 aromatic heterocycles. The van der Waals surface area contributed by atoms with Gasteiger partial charge in [0, 0.05) is 25.2 Å². The van der Waals surface area contributed by atoms with Crippen LogP contribution in [-0.4, -0.2) is 51.6 Å². The van der Waals surface area contributed by atoms with Gasteiger partial charge in [-0.15, -0.1) is 5.10 Å². The first-order valence-corrected chi connectivity index (χ1v) is 11.2. The maximum absolute atomic E-state index is 12.7. The van der Waals surface area contributed by atoms with E-state index in [0.717, 1.165) is 32.9 Å². The van der Waals surface area contributed by atoms with E-state index in [2.05, 4.69) is 26.1 Å². The highest BCUT2D eigenvalue weighted by Crippen LogP contribution is 2.34. The van der Waals surface area contributed by atoms with Crippen molar-refractivity contribution in [2.75, 3.05) is 30.9 Å². The van der Waals surface area contributed by atoms with Gasteiger partial charge in [0.05, 0.1) is 19.4 Å². The average Bonchev–Trinajstić information content (AvgIpc) is 3.45. The van der Waals surface area contributed by atoms with Crippen molar-refractivity contribution in [1.82, 2.24) is 19.5 Å². The molecule has 0 bridgehead atoms. The van der Waals surface area contributed by atoms with Crippen molar-refractivity contribution in [2.24, 2.45) is 0 Å². The molecule has 0 aliphatic carbocycles. The van der Waals surface area contributed by atoms with Crippen molar-refractivity contribution in [3.05, 3.63) is 54.5 Å². The highest BCUT2D eigenvalue weighted by molar-refractivity contribution is 7.20. The van der Waals surface area contributed by atoms with Crippen LogP contribution in [0.15, 0.2) is 53.1 Å². The van der Waals surface area contributed by atoms with E-state index in [0.29, 0.717) is 6.54 Å². The number of nitrogens with one attached hydrogen (secondary N) is 1. The second-order valence-electron chi connectivity index (χ2n) is 8.81. The average molecular weight is 453 g/mol. The summed E-state index contributed by atoms with van der Waals surface area (Å²) in [7, 11) is 3.64. The molecule has 0 atom stereocenters. The van der Waals surface area contributed by atoms with Crippen LogP contribution in [0.25, 0.3) is 16.2 Å². The highest BCUT2D eigenvalue weighted by Gasteiger charge is 2.23. The Morgan fingerprint density at radius 2 is 1.91 bits per heavy atom. The lowest BCUT2D eigenvalue weighted by Gasteiger charge is -2.22. The molecule has 1 aromatic carbocycles. The summed E-state index contributed by atoms with van der Waals surface area (Å²) in [4.78, 5) is 21.8. The lowest BCUT2D eigenvalue weighted by atomic mass is 10.1. The van der Waals surface area contributed by atoms with Crippen LogP contribution in [0, 0.1) is 0 Å². The minimum Gasteiger partial charge on any atom is -0.467 e. The maximum Gasteiger partial charge on any atom is 0.242 e. The second-order valence-corrected chi connectivity index (χ2v) is 9.75. The van der Waals surface area contributed by atoms with Gasteiger partial charge in [-0.25, -0.2) is 4.98 Å². The summed E-state index contributed by atoms with van der Waals surface area (Å²) in [6, 6.07) is 13.8. The summed E-state index contributed by atoms with van der Waals surface area (Å²) >= 11 is 1.46. The maximum atomic E-state index is 12.7. The SMILES string of the molecule is CN(Cc1ccco1)C(=O)CN(C)c1nn2c(NC(C)(C)C)c(-c3ccccc3)nc2s1. The Morgan fingerprint density at radius 3 is 2.56 bits per heavy atom. The number of hydrogen-bond acceptors (Lipinski definition) is 7. The van der Waals surface area contributed by atoms with Gasteiger partial charge < -0.3 is 19.5 Å². The van der Waals surface area contributed by atoms with Crippen LogP contribution in [0.3, 0.4) is 0 Å². The van der Waals surface area contributed by atoms with Gasteiger partial charge in [-0.3, -0.25) is 4.79 Å². The number of benzene rings is 1. The molecule has 32 heavy (non-hydrogen) atoms. The number of imidazole rings is 1. The van der Waals surface area contributed by atoms with Crippen LogP contribution >= 0.6 is 11.3 Å². The third-order valence-electron chi connectivity index (χ3n) is 4.83. The summed E-state index contributed by atoms with van der Waals surface area (Å²) in [5.41, 5.74) is 1.73. The number of amides is 1. The minimum absolute atomic E-state index is 0.0187. The quantitative estimate of drug-likeness (QED) is 0.449. The molecular weight excluding hydrogens is 424 g/mol. The molecule has 0 saturated heterocycles. The van der Waals surface area contributed by atoms with Crippen LogP contribution in [0.4, 0.5) is 10.9 Å². The predicted octanol–water partition coefficient (Wildman–Crippen LogP) is 4.36. The molecule has 168 valence electrons. The lowest BCUT2D eigenvalue weighted by molar-refractivity contribution is -0.129. The van der Waals surface area contributed by atoms with E-state index in [1.807, 2.05) is 58.9 Å². The standard InChI is InChI=1S/C23H28N6O2S/c1-23(2,3)25-20-19(16-10-7-6-8-11-16)24-21-29(20)26-22(32-21)28(5)15-18(30)27(4)14-17-12-9-13-31-17/h6-13,25H,14-15H2,1-5H3. The number of carbonyl (C=O) groups is 1. The molecule has 9 heteroatoms. The largest absolute Gasteiger partial charge is 0.467 e. The third kappa shape index (κ3) is 4.77. The summed E-state index contributed by atoms with van der Waals surface area (Å²) in [6.45, 7) is 6.96. The predicted molar refractivity (Wildman–Crippen MR) is 128 cm³/mol. The Balaban J connectivity index is 1.58. The smallest absolute Gasteiger partial charge is 0.242 e. The first kappa shape index (κ1) is 21.9. The zero-order chi connectivity index (χ0) is 22.9. The summed E-state index contributed by atoms with van der Waals surface area (Å²) in [6.07, 6.45) is 1.61. The zero-order valence-corrected chi connectivity index (χ0v) is 19.8. The molecule has 4 aromatic rings. The van der Waals surface area contributed by atoms with Gasteiger partial charge in [-0.2, -0.15) is 4.52 Å². The molecule has 0 unspecified atom stereocenters. The first-order valence-electron chi connectivity index (χ1n) is 10.4. The molecule has 3 heterocycles. The summed E-state index contributed by atoms with van der Waals surface area (Å²) in [5, 5.41) is 9.05. The molecular formula is C23H28N6O2S. The Labute approximate surface area is 191 Å². The van der Waals surface area contributed by atoms with Gasteiger partial charge in [0.2, 0.25) is 16.0 Å². The van der Waals surface area contributed by atoms with Crippen LogP contribution in [0.2, 0.25) is 0 Å². The lowest BCUT2D eigenvalue weighted by Crippen LogP contribution is -2.36. The number of carbonyl (C=O) groups excluding carboxylic acids is 1. The number of furan rings is 1. The Kier molecular flexibility index (Phi) is 5.92. The molecule has 8 nitrogen and oxygen atoms in total. The van der Waals surface area contributed by atoms with Gasteiger partial charge in [-0.1, -0.05) is 41.7 Å². The van der Waals surface area contributed by atoms with E-state index in [4.69, 9.17) is 14.5 Å². The molecule has 1 amide bonds. The zero-order valence-electron chi connectivity index (χ0n) is 19.0. The minimum atomic E-state index is -0.167. The van der Waals surface area contributed by atoms with Crippen molar-refractivity contribution in [1.29, 1.82) is 0 Å². The van der Waals surface area contributed by atoms with E-state index in [9.17, 15) is 4.79 Å². The number of fused-ring (bicyclic) bond motifs is 1. The molecule has 0 saturated carbocycles. The van der Waals surface area contributed by atoms with Crippen molar-refractivity contribution in [2.45, 2.75) is 32.9 Å². The van der Waals surface area contributed by atoms with Gasteiger partial charge in [0.25, 0.3) is 0 Å². The highest BCUT2D eigenvalue weighted by atomic mass is 32.1. The van der Waals surface area contributed by atoms with E-state index in [1.54, 1.807) is 18.2 Å². The van der Waals surface area contributed by atoms with E-state index < -0.39 is 0 Å². The van der Waals surface area contributed by atoms with Gasteiger partial charge in [0.1, 0.15) is 11.5 Å². The molecule has 0 fully saturated rings. The Morgan fingerprint density at radius 1 is 1.16 bits per heavy atom. The molecule has 0 spiro atoms. The van der Waals surface area contributed by atoms with Crippen molar-refractivity contribution >= 4 is 33.2 Å². The fourth-order valence-corrected chi connectivity index (χ4v) is 4.13. The van der Waals surface area contributed by atoms with E-state index in [-0.39, 0.29) is 18.0 Å². The molecule has 0 aliphatic heterocycles. The normalized spacial score (nSPS) is 11.7. The summed E-state index contributed by atoms with van der Waals surface area (Å²) < 4.78 is 7.17. The topological polar surface area (TPSA) is 78.9 Å². The van der Waals surface area contributed by atoms with Gasteiger partial charge >= 0.3 is 0 Å². The number of rotatable bonds is 7. The van der Waals surface area contributed by atoms with Gasteiger partial charge in [0.15, 0.2) is 5.82 Å². The Hall–Kier alpha value is -3.33. The van der Waals surface area contributed by atoms with Crippen LogP contribution in [-0.2, 0) is 11.3 Å². The van der Waals surface area contributed by atoms with Gasteiger partial charge in [-0.05, 0) is 32.9 Å².